The van der Waals surface area contributed by atoms with Crippen molar-refractivity contribution in [2.75, 3.05) is 19.8 Å². The number of aromatic nitrogens is 1. The third kappa shape index (κ3) is 3.17. The standard InChI is InChI=1S/C13H20N2O2/c1-2-14-12(11-6-8-17-10-11)9-15-7-4-3-5-13(15)16/h3-5,7,11-12,14H,2,6,8-10H2,1H3. The van der Waals surface area contributed by atoms with Crippen LogP contribution >= 0.6 is 0 Å². The van der Waals surface area contributed by atoms with Crippen LogP contribution in [-0.4, -0.2) is 30.4 Å². The Morgan fingerprint density at radius 2 is 2.47 bits per heavy atom. The number of rotatable bonds is 5. The van der Waals surface area contributed by atoms with Gasteiger partial charge in [0.25, 0.3) is 5.56 Å². The van der Waals surface area contributed by atoms with Crippen LogP contribution < -0.4 is 10.9 Å². The molecule has 2 atom stereocenters. The Morgan fingerprint density at radius 3 is 3.12 bits per heavy atom. The van der Waals surface area contributed by atoms with Crippen LogP contribution in [0.1, 0.15) is 13.3 Å². The first-order valence-electron chi connectivity index (χ1n) is 6.28. The van der Waals surface area contributed by atoms with Gasteiger partial charge in [0.15, 0.2) is 0 Å². The molecule has 17 heavy (non-hydrogen) atoms. The maximum absolute atomic E-state index is 11.7. The number of likely N-dealkylation sites (N-methyl/N-ethyl adjacent to an activating group) is 1. The SMILES string of the molecule is CCNC(Cn1ccccc1=O)C1CCOC1. The van der Waals surface area contributed by atoms with Crippen LogP contribution in [0.5, 0.6) is 0 Å². The lowest BCUT2D eigenvalue weighted by atomic mass is 9.99. The lowest BCUT2D eigenvalue weighted by molar-refractivity contribution is 0.173. The molecule has 1 aliphatic heterocycles. The van der Waals surface area contributed by atoms with E-state index in [2.05, 4.69) is 12.2 Å². The second kappa shape index (κ2) is 5.98. The largest absolute Gasteiger partial charge is 0.381 e. The zero-order valence-corrected chi connectivity index (χ0v) is 10.3. The van der Waals surface area contributed by atoms with Gasteiger partial charge in [-0.2, -0.15) is 0 Å². The molecule has 94 valence electrons. The van der Waals surface area contributed by atoms with Gasteiger partial charge in [-0.05, 0) is 19.0 Å². The van der Waals surface area contributed by atoms with Crippen molar-refractivity contribution in [2.45, 2.75) is 25.9 Å². The zero-order valence-electron chi connectivity index (χ0n) is 10.3. The third-order valence-corrected chi connectivity index (χ3v) is 3.29. The minimum absolute atomic E-state index is 0.0642. The average molecular weight is 236 g/mol. The first-order chi connectivity index (χ1) is 8.31. The molecule has 0 radical (unpaired) electrons. The molecule has 1 aromatic heterocycles. The molecular weight excluding hydrogens is 216 g/mol. The van der Waals surface area contributed by atoms with Gasteiger partial charge in [0.2, 0.25) is 0 Å². The van der Waals surface area contributed by atoms with Crippen molar-refractivity contribution >= 4 is 0 Å². The fourth-order valence-electron chi connectivity index (χ4n) is 2.34. The summed E-state index contributed by atoms with van der Waals surface area (Å²) in [5, 5.41) is 3.46. The molecule has 1 N–H and O–H groups in total. The van der Waals surface area contributed by atoms with Crippen LogP contribution in [-0.2, 0) is 11.3 Å². The van der Waals surface area contributed by atoms with Crippen LogP contribution in [0.2, 0.25) is 0 Å². The fourth-order valence-corrected chi connectivity index (χ4v) is 2.34. The monoisotopic (exact) mass is 236 g/mol. The highest BCUT2D eigenvalue weighted by molar-refractivity contribution is 4.94. The molecule has 1 aliphatic rings. The molecule has 1 aromatic rings. The molecule has 0 spiro atoms. The van der Waals surface area contributed by atoms with Gasteiger partial charge in [0, 0.05) is 37.4 Å². The smallest absolute Gasteiger partial charge is 0.250 e. The van der Waals surface area contributed by atoms with E-state index in [4.69, 9.17) is 4.74 Å². The molecule has 0 aliphatic carbocycles. The lowest BCUT2D eigenvalue weighted by Crippen LogP contribution is -2.42. The van der Waals surface area contributed by atoms with Crippen molar-refractivity contribution in [2.24, 2.45) is 5.92 Å². The van der Waals surface area contributed by atoms with Crippen molar-refractivity contribution < 1.29 is 4.74 Å². The van der Waals surface area contributed by atoms with E-state index in [0.717, 1.165) is 32.7 Å². The highest BCUT2D eigenvalue weighted by atomic mass is 16.5. The Kier molecular flexibility index (Phi) is 4.34. The normalized spacial score (nSPS) is 21.6. The van der Waals surface area contributed by atoms with Crippen molar-refractivity contribution in [3.63, 3.8) is 0 Å². The first-order valence-corrected chi connectivity index (χ1v) is 6.28. The van der Waals surface area contributed by atoms with Crippen LogP contribution in [0.3, 0.4) is 0 Å². The first kappa shape index (κ1) is 12.3. The summed E-state index contributed by atoms with van der Waals surface area (Å²) in [6.07, 6.45) is 2.93. The maximum atomic E-state index is 11.7. The van der Waals surface area contributed by atoms with Gasteiger partial charge >= 0.3 is 0 Å². The molecule has 2 unspecified atom stereocenters. The summed E-state index contributed by atoms with van der Waals surface area (Å²) in [7, 11) is 0. The molecule has 1 saturated heterocycles. The van der Waals surface area contributed by atoms with Gasteiger partial charge in [-0.1, -0.05) is 13.0 Å². The van der Waals surface area contributed by atoms with E-state index in [1.807, 2.05) is 12.3 Å². The highest BCUT2D eigenvalue weighted by Gasteiger charge is 2.25. The average Bonchev–Trinajstić information content (AvgIpc) is 2.85. The van der Waals surface area contributed by atoms with Crippen molar-refractivity contribution in [3.8, 4) is 0 Å². The number of hydrogen-bond donors (Lipinski definition) is 1. The van der Waals surface area contributed by atoms with Gasteiger partial charge < -0.3 is 14.6 Å². The molecule has 2 heterocycles. The molecule has 4 nitrogen and oxygen atoms in total. The van der Waals surface area contributed by atoms with E-state index in [9.17, 15) is 4.79 Å². The van der Waals surface area contributed by atoms with Crippen LogP contribution in [0, 0.1) is 5.92 Å². The molecular formula is C13H20N2O2. The predicted octanol–water partition coefficient (Wildman–Crippen LogP) is 0.863. The number of nitrogens with zero attached hydrogens (tertiary/aromatic N) is 1. The Bertz CT molecular complexity index is 396. The Morgan fingerprint density at radius 1 is 1.59 bits per heavy atom. The van der Waals surface area contributed by atoms with Gasteiger partial charge in [-0.3, -0.25) is 4.79 Å². The summed E-state index contributed by atoms with van der Waals surface area (Å²) >= 11 is 0. The molecule has 0 bridgehead atoms. The van der Waals surface area contributed by atoms with Crippen molar-refractivity contribution in [3.05, 3.63) is 34.7 Å². The molecule has 2 rings (SSSR count). The summed E-state index contributed by atoms with van der Waals surface area (Å²) in [4.78, 5) is 11.7. The highest BCUT2D eigenvalue weighted by Crippen LogP contribution is 2.17. The summed E-state index contributed by atoms with van der Waals surface area (Å²) in [6.45, 7) is 5.39. The van der Waals surface area contributed by atoms with Crippen molar-refractivity contribution in [1.82, 2.24) is 9.88 Å². The second-order valence-electron chi connectivity index (χ2n) is 4.48. The van der Waals surface area contributed by atoms with Gasteiger partial charge in [0.1, 0.15) is 0 Å². The third-order valence-electron chi connectivity index (χ3n) is 3.29. The van der Waals surface area contributed by atoms with Crippen molar-refractivity contribution in [1.29, 1.82) is 0 Å². The van der Waals surface area contributed by atoms with E-state index in [0.29, 0.717) is 12.0 Å². The van der Waals surface area contributed by atoms with E-state index in [1.165, 1.54) is 0 Å². The van der Waals surface area contributed by atoms with Gasteiger partial charge in [-0.15, -0.1) is 0 Å². The Labute approximate surface area is 102 Å². The van der Waals surface area contributed by atoms with Gasteiger partial charge in [0.05, 0.1) is 6.61 Å². The summed E-state index contributed by atoms with van der Waals surface area (Å²) in [5.74, 6) is 0.516. The molecule has 4 heteroatoms. The van der Waals surface area contributed by atoms with Crippen LogP contribution in [0.25, 0.3) is 0 Å². The van der Waals surface area contributed by atoms with E-state index < -0.39 is 0 Å². The molecule has 0 aromatic carbocycles. The summed E-state index contributed by atoms with van der Waals surface area (Å²) in [5.41, 5.74) is 0.0642. The van der Waals surface area contributed by atoms with Crippen LogP contribution in [0.15, 0.2) is 29.2 Å². The summed E-state index contributed by atoms with van der Waals surface area (Å²) in [6, 6.07) is 5.60. The van der Waals surface area contributed by atoms with Gasteiger partial charge in [-0.25, -0.2) is 0 Å². The van der Waals surface area contributed by atoms with Crippen LogP contribution in [0.4, 0.5) is 0 Å². The molecule has 1 fully saturated rings. The molecule has 0 saturated carbocycles. The number of pyridine rings is 1. The number of ether oxygens (including phenoxy) is 1. The minimum Gasteiger partial charge on any atom is -0.381 e. The number of hydrogen-bond acceptors (Lipinski definition) is 3. The Balaban J connectivity index is 2.06. The minimum atomic E-state index is 0.0642. The van der Waals surface area contributed by atoms with E-state index in [1.54, 1.807) is 16.7 Å². The van der Waals surface area contributed by atoms with E-state index in [-0.39, 0.29) is 5.56 Å². The predicted molar refractivity (Wildman–Crippen MR) is 67.1 cm³/mol. The Hall–Kier alpha value is -1.13. The number of nitrogens with one attached hydrogen (secondary N) is 1. The fraction of sp³-hybridized carbons (Fsp3) is 0.615. The zero-order chi connectivity index (χ0) is 12.1. The maximum Gasteiger partial charge on any atom is 0.250 e. The lowest BCUT2D eigenvalue weighted by Gasteiger charge is -2.24. The summed E-state index contributed by atoms with van der Waals surface area (Å²) < 4.78 is 7.19. The topological polar surface area (TPSA) is 43.3 Å². The second-order valence-corrected chi connectivity index (χ2v) is 4.48. The quantitative estimate of drug-likeness (QED) is 0.824. The van der Waals surface area contributed by atoms with E-state index >= 15 is 0 Å². The molecule has 0 amide bonds.